The molecule has 0 saturated carbocycles. The van der Waals surface area contributed by atoms with Crippen molar-refractivity contribution in [1.82, 2.24) is 15.0 Å². The van der Waals surface area contributed by atoms with Gasteiger partial charge in [-0.25, -0.2) is 20.1 Å². The van der Waals surface area contributed by atoms with Gasteiger partial charge >= 0.3 is 0 Å². The third-order valence-corrected chi connectivity index (χ3v) is 3.09. The van der Waals surface area contributed by atoms with E-state index in [0.717, 1.165) is 32.0 Å². The van der Waals surface area contributed by atoms with Gasteiger partial charge in [0.2, 0.25) is 0 Å². The van der Waals surface area contributed by atoms with E-state index in [4.69, 9.17) is 0 Å². The molecule has 3 rings (SSSR count). The van der Waals surface area contributed by atoms with Crippen LogP contribution in [0.3, 0.4) is 0 Å². The maximum atomic E-state index is 4.43. The molecule has 80 valence electrons. The van der Waals surface area contributed by atoms with E-state index < -0.39 is 0 Å². The average molecular weight is 204 g/mol. The smallest absolute Gasteiger partial charge is 0.159 e. The van der Waals surface area contributed by atoms with E-state index in [0.29, 0.717) is 0 Å². The number of anilines is 1. The number of hydrogen-bond donors (Lipinski definition) is 0. The molecule has 2 atom stereocenters. The van der Waals surface area contributed by atoms with Crippen molar-refractivity contribution >= 4 is 5.82 Å². The second-order valence-electron chi connectivity index (χ2n) is 4.09. The zero-order chi connectivity index (χ0) is 10.1. The van der Waals surface area contributed by atoms with Crippen molar-refractivity contribution < 1.29 is 0 Å². The Hall–Kier alpha value is -1.13. The van der Waals surface area contributed by atoms with Crippen molar-refractivity contribution in [2.75, 3.05) is 31.3 Å². The van der Waals surface area contributed by atoms with Gasteiger partial charge in [-0.15, -0.1) is 0 Å². The van der Waals surface area contributed by atoms with Gasteiger partial charge in [0.15, 0.2) is 5.82 Å². The number of rotatable bonds is 1. The van der Waals surface area contributed by atoms with Crippen LogP contribution in [-0.2, 0) is 0 Å². The van der Waals surface area contributed by atoms with E-state index >= 15 is 0 Å². The van der Waals surface area contributed by atoms with E-state index in [1.807, 2.05) is 12.3 Å². The summed E-state index contributed by atoms with van der Waals surface area (Å²) >= 11 is 0. The Labute approximate surface area is 90.0 Å². The zero-order valence-electron chi connectivity index (χ0n) is 8.84. The third kappa shape index (κ3) is 1.60. The van der Waals surface area contributed by atoms with Gasteiger partial charge in [-0.3, -0.25) is 0 Å². The van der Waals surface area contributed by atoms with Crippen LogP contribution in [0, 0.1) is 0 Å². The maximum Gasteiger partial charge on any atom is 0.159 e. The van der Waals surface area contributed by atoms with Crippen LogP contribution in [0.15, 0.2) is 24.4 Å². The molecule has 0 radical (unpaired) electrons. The lowest BCUT2D eigenvalue weighted by atomic mass is 10.3. The van der Waals surface area contributed by atoms with Crippen LogP contribution in [0.4, 0.5) is 5.82 Å². The molecule has 2 aliphatic rings. The summed E-state index contributed by atoms with van der Waals surface area (Å²) in [5.41, 5.74) is 0. The third-order valence-electron chi connectivity index (χ3n) is 3.09. The van der Waals surface area contributed by atoms with Gasteiger partial charge in [-0.2, -0.15) is 0 Å². The summed E-state index contributed by atoms with van der Waals surface area (Å²) in [6, 6.07) is 6.10. The number of nitrogens with zero attached hydrogens (tertiary/aromatic N) is 4. The fraction of sp³-hybridized carbons (Fsp3) is 0.545. The molecule has 4 heteroatoms. The second kappa shape index (κ2) is 3.79. The highest BCUT2D eigenvalue weighted by Gasteiger charge is 2.32. The van der Waals surface area contributed by atoms with Gasteiger partial charge in [0.1, 0.15) is 0 Å². The maximum absolute atomic E-state index is 4.43. The molecule has 2 fully saturated rings. The molecule has 0 amide bonds. The van der Waals surface area contributed by atoms with Crippen LogP contribution in [0.1, 0.15) is 12.8 Å². The largest absolute Gasteiger partial charge is 0.237 e. The van der Waals surface area contributed by atoms with Gasteiger partial charge < -0.3 is 0 Å². The molecule has 1 aromatic heterocycles. The zero-order valence-corrected chi connectivity index (χ0v) is 8.84. The van der Waals surface area contributed by atoms with Gasteiger partial charge in [0.25, 0.3) is 0 Å². The molecule has 0 N–H and O–H groups in total. The first-order valence-corrected chi connectivity index (χ1v) is 5.66. The van der Waals surface area contributed by atoms with Crippen LogP contribution in [-0.4, -0.2) is 41.2 Å². The van der Waals surface area contributed by atoms with Gasteiger partial charge in [0.05, 0.1) is 0 Å². The highest BCUT2D eigenvalue weighted by Crippen LogP contribution is 2.23. The van der Waals surface area contributed by atoms with E-state index in [9.17, 15) is 0 Å². The van der Waals surface area contributed by atoms with E-state index in [2.05, 4.69) is 32.3 Å². The predicted octanol–water partition coefficient (Wildman–Crippen LogP) is 1.13. The molecular formula is C11H16N4. The van der Waals surface area contributed by atoms with Crippen molar-refractivity contribution in [3.8, 4) is 0 Å². The SMILES string of the molecule is c1ccc(N2N3CCCCN2CC3)nc1. The molecule has 4 nitrogen and oxygen atoms in total. The lowest BCUT2D eigenvalue weighted by Gasteiger charge is -2.31. The monoisotopic (exact) mass is 204 g/mol. The van der Waals surface area contributed by atoms with Gasteiger partial charge in [0, 0.05) is 32.4 Å². The first-order valence-electron chi connectivity index (χ1n) is 5.66. The molecule has 2 aliphatic heterocycles. The molecule has 2 unspecified atom stereocenters. The minimum atomic E-state index is 1.05. The molecule has 3 heterocycles. The summed E-state index contributed by atoms with van der Waals surface area (Å²) < 4.78 is 0. The van der Waals surface area contributed by atoms with Crippen LogP contribution in [0.25, 0.3) is 0 Å². The van der Waals surface area contributed by atoms with Crippen molar-refractivity contribution in [1.29, 1.82) is 0 Å². The van der Waals surface area contributed by atoms with E-state index in [1.165, 1.54) is 12.8 Å². The fourth-order valence-electron chi connectivity index (χ4n) is 2.36. The molecule has 0 aromatic carbocycles. The van der Waals surface area contributed by atoms with E-state index in [-0.39, 0.29) is 0 Å². The van der Waals surface area contributed by atoms with Crippen molar-refractivity contribution in [3.63, 3.8) is 0 Å². The Bertz CT molecular complexity index is 313. The molecular weight excluding hydrogens is 188 g/mol. The van der Waals surface area contributed by atoms with Crippen LogP contribution >= 0.6 is 0 Å². The average Bonchev–Trinajstić information content (AvgIpc) is 2.53. The lowest BCUT2D eigenvalue weighted by molar-refractivity contribution is 0.229. The Balaban J connectivity index is 1.91. The first kappa shape index (κ1) is 9.12. The standard InChI is InChI=1S/C11H16N4/c1-2-6-12-11(5-1)15-13-7-3-4-8-14(15)10-9-13/h1-2,5-6H,3-4,7-10H2. The number of fused-ring (bicyclic) bond motifs is 2. The summed E-state index contributed by atoms with van der Waals surface area (Å²) in [6.45, 7) is 4.59. The Morgan fingerprint density at radius 3 is 2.27 bits per heavy atom. The van der Waals surface area contributed by atoms with E-state index in [1.54, 1.807) is 0 Å². The normalized spacial score (nSPS) is 30.3. The second-order valence-corrected chi connectivity index (χ2v) is 4.09. The Morgan fingerprint density at radius 1 is 0.933 bits per heavy atom. The summed E-state index contributed by atoms with van der Waals surface area (Å²) in [5.74, 6) is 1.05. The van der Waals surface area contributed by atoms with Gasteiger partial charge in [-0.05, 0) is 25.0 Å². The summed E-state index contributed by atoms with van der Waals surface area (Å²) in [4.78, 5) is 4.43. The first-order chi connectivity index (χ1) is 7.45. The van der Waals surface area contributed by atoms with Crippen LogP contribution in [0.2, 0.25) is 0 Å². The predicted molar refractivity (Wildman–Crippen MR) is 59.1 cm³/mol. The highest BCUT2D eigenvalue weighted by atomic mass is 15.9. The number of hydrazine groups is 2. The number of aromatic nitrogens is 1. The minimum absolute atomic E-state index is 1.05. The van der Waals surface area contributed by atoms with Crippen molar-refractivity contribution in [2.45, 2.75) is 12.8 Å². The van der Waals surface area contributed by atoms with Crippen molar-refractivity contribution in [2.24, 2.45) is 0 Å². The number of hydrogen-bond acceptors (Lipinski definition) is 4. The summed E-state index contributed by atoms with van der Waals surface area (Å²) in [5, 5.41) is 7.05. The molecule has 1 aromatic rings. The topological polar surface area (TPSA) is 22.6 Å². The molecule has 2 saturated heterocycles. The molecule has 15 heavy (non-hydrogen) atoms. The lowest BCUT2D eigenvalue weighted by Crippen LogP contribution is -2.44. The summed E-state index contributed by atoms with van der Waals surface area (Å²) in [7, 11) is 0. The molecule has 0 spiro atoms. The Morgan fingerprint density at radius 2 is 1.67 bits per heavy atom. The fourth-order valence-corrected chi connectivity index (χ4v) is 2.36. The molecule has 0 aliphatic carbocycles. The highest BCUT2D eigenvalue weighted by molar-refractivity contribution is 5.35. The van der Waals surface area contributed by atoms with Crippen LogP contribution < -0.4 is 5.12 Å². The molecule has 2 bridgehead atoms. The van der Waals surface area contributed by atoms with Gasteiger partial charge in [-0.1, -0.05) is 6.07 Å². The minimum Gasteiger partial charge on any atom is -0.237 e. The quantitative estimate of drug-likeness (QED) is 0.684. The van der Waals surface area contributed by atoms with Crippen LogP contribution in [0.5, 0.6) is 0 Å². The Kier molecular flexibility index (Phi) is 2.31. The summed E-state index contributed by atoms with van der Waals surface area (Å²) in [6.07, 6.45) is 4.45. The number of pyridine rings is 1. The van der Waals surface area contributed by atoms with Crippen molar-refractivity contribution in [3.05, 3.63) is 24.4 Å².